The number of nitrogen functional groups attached to an aromatic ring is 1. The second-order valence-electron chi connectivity index (χ2n) is 4.23. The molecule has 0 fully saturated rings. The predicted octanol–water partition coefficient (Wildman–Crippen LogP) is 3.27. The van der Waals surface area contributed by atoms with Crippen molar-refractivity contribution in [2.75, 3.05) is 5.73 Å². The van der Waals surface area contributed by atoms with Crippen molar-refractivity contribution in [1.29, 1.82) is 0 Å². The van der Waals surface area contributed by atoms with E-state index in [-0.39, 0.29) is 0 Å². The van der Waals surface area contributed by atoms with Crippen molar-refractivity contribution in [2.45, 2.75) is 6.42 Å². The number of anilines is 1. The third kappa shape index (κ3) is 2.11. The molecule has 0 bridgehead atoms. The highest BCUT2D eigenvalue weighted by Gasteiger charge is 2.05. The van der Waals surface area contributed by atoms with Gasteiger partial charge in [0.15, 0.2) is 5.65 Å². The van der Waals surface area contributed by atoms with Crippen molar-refractivity contribution in [3.8, 4) is 0 Å². The van der Waals surface area contributed by atoms with Gasteiger partial charge in [-0.15, -0.1) is 0 Å². The van der Waals surface area contributed by atoms with Crippen LogP contribution in [0.2, 0.25) is 0 Å². The minimum Gasteiger partial charge on any atom is -0.396 e. The predicted molar refractivity (Wildman–Crippen MR) is 76.6 cm³/mol. The van der Waals surface area contributed by atoms with Gasteiger partial charge in [0, 0.05) is 23.3 Å². The van der Waals surface area contributed by atoms with E-state index in [1.807, 2.05) is 41.1 Å². The van der Waals surface area contributed by atoms with E-state index in [1.165, 1.54) is 5.56 Å². The molecule has 2 aromatic heterocycles. The molecule has 2 heterocycles. The number of pyridine rings is 1. The first kappa shape index (κ1) is 11.3. The maximum atomic E-state index is 5.90. The number of nitrogens with zero attached hydrogens (tertiary/aromatic N) is 2. The van der Waals surface area contributed by atoms with E-state index in [4.69, 9.17) is 5.73 Å². The van der Waals surface area contributed by atoms with Gasteiger partial charge in [-0.3, -0.25) is 0 Å². The number of halogens is 1. The number of hydrogen-bond acceptors (Lipinski definition) is 2. The zero-order chi connectivity index (χ0) is 12.5. The van der Waals surface area contributed by atoms with Gasteiger partial charge in [-0.05, 0) is 29.8 Å². The lowest BCUT2D eigenvalue weighted by Gasteiger charge is -1.98. The van der Waals surface area contributed by atoms with E-state index in [0.29, 0.717) is 5.69 Å². The first-order valence-electron chi connectivity index (χ1n) is 5.69. The van der Waals surface area contributed by atoms with Gasteiger partial charge < -0.3 is 10.1 Å². The lowest BCUT2D eigenvalue weighted by Crippen LogP contribution is -1.90. The maximum Gasteiger partial charge on any atom is 0.160 e. The number of aromatic nitrogens is 2. The monoisotopic (exact) mass is 301 g/mol. The first-order chi connectivity index (χ1) is 8.72. The standard InChI is InChI=1S/C14H12BrN3/c15-11-4-1-3-10(7-11)8-12-9-18-6-2-5-13(16)14(18)17-12/h1-7,9H,8,16H2. The third-order valence-electron chi connectivity index (χ3n) is 2.84. The van der Waals surface area contributed by atoms with Crippen LogP contribution in [0.4, 0.5) is 5.69 Å². The van der Waals surface area contributed by atoms with Crippen LogP contribution in [0.1, 0.15) is 11.3 Å². The molecule has 4 heteroatoms. The highest BCUT2D eigenvalue weighted by atomic mass is 79.9. The zero-order valence-corrected chi connectivity index (χ0v) is 11.3. The Kier molecular flexibility index (Phi) is 2.80. The minimum absolute atomic E-state index is 0.706. The molecule has 90 valence electrons. The SMILES string of the molecule is Nc1cccn2cc(Cc3cccc(Br)c3)nc12. The molecule has 3 rings (SSSR count). The summed E-state index contributed by atoms with van der Waals surface area (Å²) in [4.78, 5) is 4.56. The van der Waals surface area contributed by atoms with Gasteiger partial charge in [-0.2, -0.15) is 0 Å². The van der Waals surface area contributed by atoms with Crippen LogP contribution < -0.4 is 5.73 Å². The first-order valence-corrected chi connectivity index (χ1v) is 6.48. The van der Waals surface area contributed by atoms with Gasteiger partial charge in [-0.1, -0.05) is 28.1 Å². The molecular weight excluding hydrogens is 290 g/mol. The topological polar surface area (TPSA) is 43.3 Å². The summed E-state index contributed by atoms with van der Waals surface area (Å²) in [7, 11) is 0. The maximum absolute atomic E-state index is 5.90. The smallest absolute Gasteiger partial charge is 0.160 e. The third-order valence-corrected chi connectivity index (χ3v) is 3.33. The Morgan fingerprint density at radius 3 is 2.89 bits per heavy atom. The Morgan fingerprint density at radius 2 is 2.11 bits per heavy atom. The Bertz CT molecular complexity index is 703. The molecule has 3 nitrogen and oxygen atoms in total. The van der Waals surface area contributed by atoms with Crippen molar-refractivity contribution < 1.29 is 0 Å². The molecule has 0 saturated carbocycles. The second kappa shape index (κ2) is 4.46. The second-order valence-corrected chi connectivity index (χ2v) is 5.15. The molecule has 3 aromatic rings. The molecule has 0 saturated heterocycles. The summed E-state index contributed by atoms with van der Waals surface area (Å²) in [6, 6.07) is 12.0. The number of imidazole rings is 1. The highest BCUT2D eigenvalue weighted by molar-refractivity contribution is 9.10. The van der Waals surface area contributed by atoms with E-state index in [0.717, 1.165) is 22.2 Å². The van der Waals surface area contributed by atoms with Gasteiger partial charge >= 0.3 is 0 Å². The molecule has 18 heavy (non-hydrogen) atoms. The van der Waals surface area contributed by atoms with Crippen molar-refractivity contribution in [3.05, 3.63) is 64.5 Å². The molecule has 0 amide bonds. The van der Waals surface area contributed by atoms with Crippen LogP contribution in [0.25, 0.3) is 5.65 Å². The number of fused-ring (bicyclic) bond motifs is 1. The molecule has 0 aliphatic heterocycles. The summed E-state index contributed by atoms with van der Waals surface area (Å²) >= 11 is 3.48. The average molecular weight is 302 g/mol. The number of nitrogens with two attached hydrogens (primary N) is 1. The van der Waals surface area contributed by atoms with Crippen molar-refractivity contribution in [3.63, 3.8) is 0 Å². The summed E-state index contributed by atoms with van der Waals surface area (Å²) in [6.45, 7) is 0. The van der Waals surface area contributed by atoms with Crippen LogP contribution in [0.3, 0.4) is 0 Å². The average Bonchev–Trinajstić information content (AvgIpc) is 2.73. The summed E-state index contributed by atoms with van der Waals surface area (Å²) in [6.07, 6.45) is 4.79. The molecule has 0 spiro atoms. The van der Waals surface area contributed by atoms with Crippen LogP contribution in [0.15, 0.2) is 53.3 Å². The molecule has 1 aromatic carbocycles. The van der Waals surface area contributed by atoms with Gasteiger partial charge in [0.1, 0.15) is 0 Å². The van der Waals surface area contributed by atoms with Crippen LogP contribution in [0, 0.1) is 0 Å². The minimum atomic E-state index is 0.706. The fourth-order valence-corrected chi connectivity index (χ4v) is 2.47. The van der Waals surface area contributed by atoms with Crippen molar-refractivity contribution in [1.82, 2.24) is 9.38 Å². The van der Waals surface area contributed by atoms with Gasteiger partial charge in [0.05, 0.1) is 11.4 Å². The summed E-state index contributed by atoms with van der Waals surface area (Å²) in [5.41, 5.74) is 9.67. The molecule has 0 aliphatic rings. The van der Waals surface area contributed by atoms with Crippen molar-refractivity contribution in [2.24, 2.45) is 0 Å². The van der Waals surface area contributed by atoms with Gasteiger partial charge in [-0.25, -0.2) is 4.98 Å². The van der Waals surface area contributed by atoms with E-state index in [1.54, 1.807) is 0 Å². The van der Waals surface area contributed by atoms with Gasteiger partial charge in [0.2, 0.25) is 0 Å². The quantitative estimate of drug-likeness (QED) is 0.789. The van der Waals surface area contributed by atoms with E-state index in [9.17, 15) is 0 Å². The highest BCUT2D eigenvalue weighted by Crippen LogP contribution is 2.17. The fourth-order valence-electron chi connectivity index (χ4n) is 2.03. The number of benzene rings is 1. The van der Waals surface area contributed by atoms with E-state index in [2.05, 4.69) is 33.0 Å². The fraction of sp³-hybridized carbons (Fsp3) is 0.0714. The van der Waals surface area contributed by atoms with Crippen LogP contribution in [-0.4, -0.2) is 9.38 Å². The van der Waals surface area contributed by atoms with Crippen molar-refractivity contribution >= 4 is 27.3 Å². The lowest BCUT2D eigenvalue weighted by molar-refractivity contribution is 1.11. The molecule has 0 aliphatic carbocycles. The summed E-state index contributed by atoms with van der Waals surface area (Å²) in [5.74, 6) is 0. The van der Waals surface area contributed by atoms with Crippen LogP contribution >= 0.6 is 15.9 Å². The largest absolute Gasteiger partial charge is 0.396 e. The molecular formula is C14H12BrN3. The number of rotatable bonds is 2. The molecule has 0 radical (unpaired) electrons. The molecule has 2 N–H and O–H groups in total. The Morgan fingerprint density at radius 1 is 1.22 bits per heavy atom. The number of hydrogen-bond donors (Lipinski definition) is 1. The van der Waals surface area contributed by atoms with Crippen LogP contribution in [0.5, 0.6) is 0 Å². The van der Waals surface area contributed by atoms with E-state index >= 15 is 0 Å². The lowest BCUT2D eigenvalue weighted by atomic mass is 10.1. The Labute approximate surface area is 113 Å². The Balaban J connectivity index is 1.98. The summed E-state index contributed by atoms with van der Waals surface area (Å²) < 4.78 is 3.05. The summed E-state index contributed by atoms with van der Waals surface area (Å²) in [5, 5.41) is 0. The molecule has 0 atom stereocenters. The normalized spacial score (nSPS) is 10.9. The van der Waals surface area contributed by atoms with Gasteiger partial charge in [0.25, 0.3) is 0 Å². The van der Waals surface area contributed by atoms with Crippen LogP contribution in [-0.2, 0) is 6.42 Å². The zero-order valence-electron chi connectivity index (χ0n) is 9.68. The molecule has 0 unspecified atom stereocenters. The Hall–Kier alpha value is -1.81. The van der Waals surface area contributed by atoms with E-state index < -0.39 is 0 Å².